The minimum absolute atomic E-state index is 0.0517. The highest BCUT2D eigenvalue weighted by Gasteiger charge is 2.26. The largest absolute Gasteiger partial charge is 0.358 e. The number of carbonyl (C=O) groups excluding carboxylic acids is 1. The second-order valence-electron chi connectivity index (χ2n) is 7.94. The maximum Gasteiger partial charge on any atom is 0.171 e. The Labute approximate surface area is 158 Å². The van der Waals surface area contributed by atoms with Gasteiger partial charge in [-0.15, -0.1) is 0 Å². The topological polar surface area (TPSA) is 74.2 Å². The quantitative estimate of drug-likeness (QED) is 0.724. The molecule has 0 fully saturated rings. The SMILES string of the molecule is CN1CCN=C1c1cccc(-c2cnc3[nH]cc(C(=O)C(C)(C)C)c3n2)c1. The Balaban J connectivity index is 1.78. The number of likely N-dealkylation sites (N-methyl/N-ethyl adjacent to an activating group) is 1. The van der Waals surface area contributed by atoms with Gasteiger partial charge >= 0.3 is 0 Å². The van der Waals surface area contributed by atoms with Crippen LogP contribution in [0.1, 0.15) is 36.7 Å². The number of fused-ring (bicyclic) bond motifs is 1. The predicted molar refractivity (Wildman–Crippen MR) is 107 cm³/mol. The van der Waals surface area contributed by atoms with Gasteiger partial charge in [0.05, 0.1) is 24.0 Å². The zero-order valence-electron chi connectivity index (χ0n) is 16.1. The van der Waals surface area contributed by atoms with Gasteiger partial charge in [-0.25, -0.2) is 9.97 Å². The van der Waals surface area contributed by atoms with Crippen molar-refractivity contribution in [1.82, 2.24) is 19.9 Å². The maximum atomic E-state index is 12.7. The van der Waals surface area contributed by atoms with Crippen LogP contribution in [-0.4, -0.2) is 51.6 Å². The molecule has 27 heavy (non-hydrogen) atoms. The molecule has 3 aromatic rings. The highest BCUT2D eigenvalue weighted by molar-refractivity contribution is 6.08. The van der Waals surface area contributed by atoms with Crippen molar-refractivity contribution < 1.29 is 4.79 Å². The summed E-state index contributed by atoms with van der Waals surface area (Å²) < 4.78 is 0. The summed E-state index contributed by atoms with van der Waals surface area (Å²) in [5, 5.41) is 0. The van der Waals surface area contributed by atoms with Crippen molar-refractivity contribution in [3.63, 3.8) is 0 Å². The summed E-state index contributed by atoms with van der Waals surface area (Å²) >= 11 is 0. The highest BCUT2D eigenvalue weighted by atomic mass is 16.1. The Morgan fingerprint density at radius 3 is 2.70 bits per heavy atom. The molecule has 3 heterocycles. The third-order valence-corrected chi connectivity index (χ3v) is 4.78. The molecular weight excluding hydrogens is 338 g/mol. The average Bonchev–Trinajstić information content (AvgIpc) is 3.26. The molecule has 0 aliphatic carbocycles. The highest BCUT2D eigenvalue weighted by Crippen LogP contribution is 2.27. The average molecular weight is 361 g/mol. The summed E-state index contributed by atoms with van der Waals surface area (Å²) in [6.45, 7) is 7.49. The number of carbonyl (C=O) groups is 1. The Bertz CT molecular complexity index is 1060. The number of aromatic amines is 1. The number of amidine groups is 1. The van der Waals surface area contributed by atoms with Crippen LogP contribution >= 0.6 is 0 Å². The minimum atomic E-state index is -0.474. The Hall–Kier alpha value is -3.02. The van der Waals surface area contributed by atoms with Gasteiger partial charge in [0.1, 0.15) is 11.4 Å². The van der Waals surface area contributed by atoms with Crippen LogP contribution in [0.3, 0.4) is 0 Å². The van der Waals surface area contributed by atoms with Crippen LogP contribution in [0.5, 0.6) is 0 Å². The van der Waals surface area contributed by atoms with Crippen molar-refractivity contribution in [2.45, 2.75) is 20.8 Å². The van der Waals surface area contributed by atoms with Gasteiger partial charge in [0.2, 0.25) is 0 Å². The molecule has 0 saturated carbocycles. The van der Waals surface area contributed by atoms with Crippen LogP contribution in [-0.2, 0) is 0 Å². The molecule has 0 unspecified atom stereocenters. The molecule has 4 rings (SSSR count). The second kappa shape index (κ2) is 6.30. The van der Waals surface area contributed by atoms with Crippen LogP contribution in [0.4, 0.5) is 0 Å². The maximum absolute atomic E-state index is 12.7. The van der Waals surface area contributed by atoms with Crippen molar-refractivity contribution in [2.75, 3.05) is 20.1 Å². The van der Waals surface area contributed by atoms with Crippen molar-refractivity contribution in [2.24, 2.45) is 10.4 Å². The number of benzene rings is 1. The van der Waals surface area contributed by atoms with E-state index in [4.69, 9.17) is 4.98 Å². The summed E-state index contributed by atoms with van der Waals surface area (Å²) in [4.78, 5) is 31.8. The van der Waals surface area contributed by atoms with E-state index in [0.29, 0.717) is 16.7 Å². The Morgan fingerprint density at radius 2 is 2.00 bits per heavy atom. The van der Waals surface area contributed by atoms with Gasteiger partial charge in [-0.1, -0.05) is 39.0 Å². The van der Waals surface area contributed by atoms with Crippen molar-refractivity contribution in [3.05, 3.63) is 47.8 Å². The summed E-state index contributed by atoms with van der Waals surface area (Å²) in [5.74, 6) is 1.05. The van der Waals surface area contributed by atoms with E-state index in [1.807, 2.05) is 32.9 Å². The van der Waals surface area contributed by atoms with Crippen LogP contribution in [0.15, 0.2) is 41.7 Å². The fraction of sp³-hybridized carbons (Fsp3) is 0.333. The first-order chi connectivity index (χ1) is 12.8. The number of rotatable bonds is 3. The fourth-order valence-corrected chi connectivity index (χ4v) is 3.27. The first-order valence-corrected chi connectivity index (χ1v) is 9.10. The summed E-state index contributed by atoms with van der Waals surface area (Å²) in [6.07, 6.45) is 3.45. The van der Waals surface area contributed by atoms with Gasteiger partial charge in [0.15, 0.2) is 11.4 Å². The molecule has 0 radical (unpaired) electrons. The first kappa shape index (κ1) is 17.4. The normalized spacial score (nSPS) is 14.7. The van der Waals surface area contributed by atoms with Crippen LogP contribution in [0.2, 0.25) is 0 Å². The van der Waals surface area contributed by atoms with Gasteiger partial charge in [-0.2, -0.15) is 0 Å². The van der Waals surface area contributed by atoms with Crippen LogP contribution in [0, 0.1) is 5.41 Å². The standard InChI is InChI=1S/C21H23N5O/c1-21(2,3)18(27)15-11-23-19-17(15)25-16(12-24-19)13-6-5-7-14(10-13)20-22-8-9-26(20)4/h5-7,10-12H,8-9H2,1-4H3,(H,23,24). The number of H-pyrrole nitrogens is 1. The van der Waals surface area contributed by atoms with E-state index in [-0.39, 0.29) is 5.78 Å². The van der Waals surface area contributed by atoms with Gasteiger partial charge in [0.25, 0.3) is 0 Å². The lowest BCUT2D eigenvalue weighted by molar-refractivity contribution is 0.0860. The molecule has 6 heteroatoms. The third-order valence-electron chi connectivity index (χ3n) is 4.78. The van der Waals surface area contributed by atoms with Gasteiger partial charge < -0.3 is 9.88 Å². The molecule has 1 aliphatic rings. The first-order valence-electron chi connectivity index (χ1n) is 9.10. The lowest BCUT2D eigenvalue weighted by Gasteiger charge is -2.15. The Kier molecular flexibility index (Phi) is 4.06. The second-order valence-corrected chi connectivity index (χ2v) is 7.94. The molecule has 0 bridgehead atoms. The summed E-state index contributed by atoms with van der Waals surface area (Å²) in [5.41, 5.74) is 4.12. The zero-order chi connectivity index (χ0) is 19.2. The number of Topliss-reactive ketones (excluding diaryl/α,β-unsaturated/α-hetero) is 1. The number of hydrogen-bond acceptors (Lipinski definition) is 5. The molecule has 0 amide bonds. The molecule has 0 saturated heterocycles. The van der Waals surface area contributed by atoms with Gasteiger partial charge in [0, 0.05) is 36.3 Å². The van der Waals surface area contributed by atoms with E-state index in [2.05, 4.69) is 39.0 Å². The minimum Gasteiger partial charge on any atom is -0.358 e. The smallest absolute Gasteiger partial charge is 0.171 e. The summed E-state index contributed by atoms with van der Waals surface area (Å²) in [7, 11) is 2.05. The van der Waals surface area contributed by atoms with Crippen molar-refractivity contribution in [3.8, 4) is 11.3 Å². The van der Waals surface area contributed by atoms with Gasteiger partial charge in [-0.05, 0) is 6.07 Å². The third kappa shape index (κ3) is 3.12. The van der Waals surface area contributed by atoms with Crippen molar-refractivity contribution >= 4 is 22.8 Å². The van der Waals surface area contributed by atoms with E-state index in [1.165, 1.54) is 0 Å². The molecule has 2 aromatic heterocycles. The lowest BCUT2D eigenvalue weighted by atomic mass is 9.87. The van der Waals surface area contributed by atoms with Gasteiger partial charge in [-0.3, -0.25) is 9.79 Å². The zero-order valence-corrected chi connectivity index (χ0v) is 16.1. The van der Waals surface area contributed by atoms with Crippen LogP contribution < -0.4 is 0 Å². The van der Waals surface area contributed by atoms with E-state index in [9.17, 15) is 4.79 Å². The molecule has 0 atom stereocenters. The molecule has 138 valence electrons. The monoisotopic (exact) mass is 361 g/mol. The molecule has 1 aromatic carbocycles. The van der Waals surface area contributed by atoms with E-state index < -0.39 is 5.41 Å². The van der Waals surface area contributed by atoms with Crippen LogP contribution in [0.25, 0.3) is 22.4 Å². The van der Waals surface area contributed by atoms with E-state index >= 15 is 0 Å². The molecule has 6 nitrogen and oxygen atoms in total. The van der Waals surface area contributed by atoms with E-state index in [1.54, 1.807) is 12.4 Å². The fourth-order valence-electron chi connectivity index (χ4n) is 3.27. The lowest BCUT2D eigenvalue weighted by Crippen LogP contribution is -2.23. The van der Waals surface area contributed by atoms with E-state index in [0.717, 1.165) is 35.7 Å². The number of aromatic nitrogens is 3. The number of nitrogens with zero attached hydrogens (tertiary/aromatic N) is 4. The molecular formula is C21H23N5O. The molecule has 1 aliphatic heterocycles. The molecule has 0 spiro atoms. The van der Waals surface area contributed by atoms with Crippen molar-refractivity contribution in [1.29, 1.82) is 0 Å². The predicted octanol–water partition coefficient (Wildman–Crippen LogP) is 3.55. The Morgan fingerprint density at radius 1 is 1.22 bits per heavy atom. The number of aliphatic imine (C=N–C) groups is 1. The molecule has 1 N–H and O–H groups in total. The number of hydrogen-bond donors (Lipinski definition) is 1. The summed E-state index contributed by atoms with van der Waals surface area (Å²) in [6, 6.07) is 8.14. The number of ketones is 1. The number of nitrogens with one attached hydrogen (secondary N) is 1.